The number of hydrogen-bond acceptors (Lipinski definition) is 3. The van der Waals surface area contributed by atoms with Crippen molar-refractivity contribution in [2.24, 2.45) is 5.92 Å². The van der Waals surface area contributed by atoms with Gasteiger partial charge >= 0.3 is 5.97 Å². The summed E-state index contributed by atoms with van der Waals surface area (Å²) in [6.45, 7) is 0. The summed E-state index contributed by atoms with van der Waals surface area (Å²) in [6.07, 6.45) is 1.21. The minimum Gasteiger partial charge on any atom is -0.481 e. The maximum atomic E-state index is 10.9. The normalized spacial score (nSPS) is 27.2. The van der Waals surface area contributed by atoms with Crippen LogP contribution in [0.2, 0.25) is 0 Å². The topological polar surface area (TPSA) is 71.4 Å². The molecule has 0 saturated carbocycles. The molecule has 70 valence electrons. The van der Waals surface area contributed by atoms with Gasteiger partial charge in [-0.1, -0.05) is 0 Å². The zero-order valence-corrected chi connectivity index (χ0v) is 7.51. The first-order valence-corrected chi connectivity index (χ1v) is 5.74. The van der Waals surface area contributed by atoms with Gasteiger partial charge in [0.2, 0.25) is 0 Å². The Morgan fingerprint density at radius 3 is 2.58 bits per heavy atom. The average Bonchev–Trinajstić information content (AvgIpc) is 2.26. The largest absolute Gasteiger partial charge is 0.481 e. The lowest BCUT2D eigenvalue weighted by molar-refractivity contribution is -0.137. The van der Waals surface area contributed by atoms with Crippen molar-refractivity contribution < 1.29 is 18.3 Å². The zero-order chi connectivity index (χ0) is 9.19. The van der Waals surface area contributed by atoms with E-state index in [0.29, 0.717) is 12.8 Å². The fourth-order valence-corrected chi connectivity index (χ4v) is 3.34. The number of rotatable bonds is 3. The third-order valence-electron chi connectivity index (χ3n) is 2.09. The monoisotopic (exact) mass is 192 g/mol. The van der Waals surface area contributed by atoms with E-state index in [9.17, 15) is 13.2 Å². The van der Waals surface area contributed by atoms with Crippen molar-refractivity contribution in [3.8, 4) is 0 Å². The van der Waals surface area contributed by atoms with Gasteiger partial charge in [-0.3, -0.25) is 4.79 Å². The number of hydrogen-bond donors (Lipinski definition) is 1. The van der Waals surface area contributed by atoms with Gasteiger partial charge in [-0.15, -0.1) is 0 Å². The van der Waals surface area contributed by atoms with Crippen molar-refractivity contribution >= 4 is 15.8 Å². The Morgan fingerprint density at radius 2 is 2.17 bits per heavy atom. The van der Waals surface area contributed by atoms with Crippen LogP contribution in [0.5, 0.6) is 0 Å². The molecule has 0 amide bonds. The van der Waals surface area contributed by atoms with Crippen LogP contribution in [0.3, 0.4) is 0 Å². The van der Waals surface area contributed by atoms with Crippen LogP contribution in [0.15, 0.2) is 0 Å². The summed E-state index contributed by atoms with van der Waals surface area (Å²) < 4.78 is 21.9. The molecule has 0 aromatic carbocycles. The minimum absolute atomic E-state index is 0.0751. The van der Waals surface area contributed by atoms with E-state index >= 15 is 0 Å². The highest BCUT2D eigenvalue weighted by Gasteiger charge is 2.27. The second-order valence-corrected chi connectivity index (χ2v) is 5.43. The van der Waals surface area contributed by atoms with E-state index in [0.717, 1.165) is 0 Å². The molecule has 0 aromatic rings. The van der Waals surface area contributed by atoms with E-state index in [1.165, 1.54) is 0 Å². The van der Waals surface area contributed by atoms with E-state index in [1.54, 1.807) is 0 Å². The van der Waals surface area contributed by atoms with Crippen molar-refractivity contribution in [3.05, 3.63) is 0 Å². The molecule has 1 aliphatic heterocycles. The van der Waals surface area contributed by atoms with Gasteiger partial charge in [0.1, 0.15) is 0 Å². The molecule has 0 bridgehead atoms. The Bertz CT molecular complexity index is 267. The van der Waals surface area contributed by atoms with Crippen LogP contribution in [-0.2, 0) is 14.6 Å². The summed E-state index contributed by atoms with van der Waals surface area (Å²) in [7, 11) is -2.84. The van der Waals surface area contributed by atoms with Crippen LogP contribution in [0.1, 0.15) is 19.3 Å². The Balaban J connectivity index is 2.34. The van der Waals surface area contributed by atoms with Gasteiger partial charge in [0, 0.05) is 6.42 Å². The molecular formula is C7H12O4S. The summed E-state index contributed by atoms with van der Waals surface area (Å²) in [4.78, 5) is 10.2. The van der Waals surface area contributed by atoms with Crippen LogP contribution in [0.25, 0.3) is 0 Å². The van der Waals surface area contributed by atoms with Crippen molar-refractivity contribution in [2.45, 2.75) is 19.3 Å². The predicted octanol–water partition coefficient (Wildman–Crippen LogP) is 0.286. The number of sulfone groups is 1. The lowest BCUT2D eigenvalue weighted by Gasteiger charge is -2.02. The van der Waals surface area contributed by atoms with Crippen LogP contribution >= 0.6 is 0 Å². The number of aliphatic carboxylic acids is 1. The lowest BCUT2D eigenvalue weighted by atomic mass is 10.0. The molecule has 0 unspecified atom stereocenters. The average molecular weight is 192 g/mol. The molecule has 0 radical (unpaired) electrons. The van der Waals surface area contributed by atoms with Gasteiger partial charge in [-0.25, -0.2) is 8.42 Å². The molecule has 1 saturated heterocycles. The molecule has 5 heteroatoms. The van der Waals surface area contributed by atoms with E-state index in [1.807, 2.05) is 0 Å². The second-order valence-electron chi connectivity index (χ2n) is 3.20. The van der Waals surface area contributed by atoms with Gasteiger partial charge in [0.15, 0.2) is 9.84 Å². The first-order chi connectivity index (χ1) is 5.49. The number of carbonyl (C=O) groups is 1. The standard InChI is InChI=1S/C7H12O4S/c8-7(9)2-1-6-3-4-12(10,11)5-6/h6H,1-5H2,(H,8,9)/t6-/m1/s1. The highest BCUT2D eigenvalue weighted by atomic mass is 32.2. The molecule has 4 nitrogen and oxygen atoms in total. The minimum atomic E-state index is -2.84. The van der Waals surface area contributed by atoms with E-state index in [-0.39, 0.29) is 23.8 Å². The third kappa shape index (κ3) is 2.81. The van der Waals surface area contributed by atoms with Gasteiger partial charge in [-0.2, -0.15) is 0 Å². The fourth-order valence-electron chi connectivity index (χ4n) is 1.43. The Hall–Kier alpha value is -0.580. The van der Waals surface area contributed by atoms with Crippen molar-refractivity contribution in [1.29, 1.82) is 0 Å². The Labute approximate surface area is 71.5 Å². The quantitative estimate of drug-likeness (QED) is 0.697. The van der Waals surface area contributed by atoms with Crippen LogP contribution in [0.4, 0.5) is 0 Å². The molecule has 1 heterocycles. The van der Waals surface area contributed by atoms with E-state index < -0.39 is 15.8 Å². The summed E-state index contributed by atoms with van der Waals surface area (Å²) >= 11 is 0. The molecule has 1 fully saturated rings. The summed E-state index contributed by atoms with van der Waals surface area (Å²) in [5.41, 5.74) is 0. The fraction of sp³-hybridized carbons (Fsp3) is 0.857. The maximum Gasteiger partial charge on any atom is 0.303 e. The van der Waals surface area contributed by atoms with Gasteiger partial charge in [-0.05, 0) is 18.8 Å². The molecule has 0 aromatic heterocycles. The summed E-state index contributed by atoms with van der Waals surface area (Å²) in [5, 5.41) is 8.35. The predicted molar refractivity (Wildman–Crippen MR) is 43.6 cm³/mol. The highest BCUT2D eigenvalue weighted by Crippen LogP contribution is 2.22. The summed E-state index contributed by atoms with van der Waals surface area (Å²) in [5.74, 6) is -0.359. The molecule has 1 N–H and O–H groups in total. The van der Waals surface area contributed by atoms with Gasteiger partial charge in [0.05, 0.1) is 11.5 Å². The maximum absolute atomic E-state index is 10.9. The first-order valence-electron chi connectivity index (χ1n) is 3.92. The van der Waals surface area contributed by atoms with Crippen molar-refractivity contribution in [2.75, 3.05) is 11.5 Å². The number of carboxylic acid groups (broad SMARTS) is 1. The van der Waals surface area contributed by atoms with E-state index in [2.05, 4.69) is 0 Å². The van der Waals surface area contributed by atoms with Crippen LogP contribution in [0, 0.1) is 5.92 Å². The third-order valence-corrected chi connectivity index (χ3v) is 3.93. The zero-order valence-electron chi connectivity index (χ0n) is 6.69. The number of carboxylic acids is 1. The molecule has 1 rings (SSSR count). The Kier molecular flexibility index (Phi) is 2.72. The molecule has 0 spiro atoms. The smallest absolute Gasteiger partial charge is 0.303 e. The molecule has 1 aliphatic rings. The highest BCUT2D eigenvalue weighted by molar-refractivity contribution is 7.91. The molecular weight excluding hydrogens is 180 g/mol. The Morgan fingerprint density at radius 1 is 1.50 bits per heavy atom. The van der Waals surface area contributed by atoms with E-state index in [4.69, 9.17) is 5.11 Å². The summed E-state index contributed by atoms with van der Waals surface area (Å²) in [6, 6.07) is 0. The molecule has 1 atom stereocenters. The van der Waals surface area contributed by atoms with Crippen LogP contribution in [-0.4, -0.2) is 31.0 Å². The SMILES string of the molecule is O=C(O)CC[C@@H]1CCS(=O)(=O)C1. The van der Waals surface area contributed by atoms with Gasteiger partial charge < -0.3 is 5.11 Å². The second kappa shape index (κ2) is 3.43. The molecule has 0 aliphatic carbocycles. The molecule has 12 heavy (non-hydrogen) atoms. The van der Waals surface area contributed by atoms with Gasteiger partial charge in [0.25, 0.3) is 0 Å². The van der Waals surface area contributed by atoms with Crippen molar-refractivity contribution in [3.63, 3.8) is 0 Å². The van der Waals surface area contributed by atoms with Crippen molar-refractivity contribution in [1.82, 2.24) is 0 Å². The first kappa shape index (κ1) is 9.51. The van der Waals surface area contributed by atoms with Crippen LogP contribution < -0.4 is 0 Å². The lowest BCUT2D eigenvalue weighted by Crippen LogP contribution is -2.06.